The van der Waals surface area contributed by atoms with E-state index in [1.165, 1.54) is 16.2 Å². The predicted molar refractivity (Wildman–Crippen MR) is 80.6 cm³/mol. The Hall–Kier alpha value is -1.32. The van der Waals surface area contributed by atoms with Crippen molar-refractivity contribution in [3.63, 3.8) is 0 Å². The molecule has 0 saturated carbocycles. The number of nitrogens with one attached hydrogen (secondary N) is 1. The van der Waals surface area contributed by atoms with E-state index in [-0.39, 0.29) is 0 Å². The summed E-state index contributed by atoms with van der Waals surface area (Å²) in [5.74, 6) is 1.82. The highest BCUT2D eigenvalue weighted by atomic mass is 32.2. The van der Waals surface area contributed by atoms with Crippen molar-refractivity contribution in [3.8, 4) is 0 Å². The normalized spacial score (nSPS) is 17.4. The first-order chi connectivity index (χ1) is 9.33. The lowest BCUT2D eigenvalue weighted by atomic mass is 10.0. The van der Waals surface area contributed by atoms with Crippen LogP contribution in [-0.2, 0) is 6.54 Å². The van der Waals surface area contributed by atoms with Gasteiger partial charge in [0.15, 0.2) is 0 Å². The number of hydrogen-bond donors (Lipinski definition) is 1. The lowest BCUT2D eigenvalue weighted by Gasteiger charge is -2.12. The highest BCUT2D eigenvalue weighted by molar-refractivity contribution is 7.99. The average Bonchev–Trinajstić information content (AvgIpc) is 2.83. The Morgan fingerprint density at radius 3 is 3.00 bits per heavy atom. The van der Waals surface area contributed by atoms with Gasteiger partial charge in [0, 0.05) is 35.3 Å². The zero-order valence-electron chi connectivity index (χ0n) is 11.1. The molecule has 0 aliphatic carbocycles. The molecule has 0 saturated heterocycles. The van der Waals surface area contributed by atoms with Crippen LogP contribution >= 0.6 is 11.8 Å². The van der Waals surface area contributed by atoms with Crippen molar-refractivity contribution in [2.24, 2.45) is 0 Å². The molecule has 2 nitrogen and oxygen atoms in total. The third-order valence-corrected chi connectivity index (χ3v) is 4.69. The van der Waals surface area contributed by atoms with Crippen LogP contribution in [0.3, 0.4) is 0 Å². The molecule has 2 heterocycles. The standard InChI is InChI=1S/C16H18N2S/c1-12-5-4-6-14(18-12)10-17-9-13-11-19-16-8-3-2-7-15(13)16/h2-8,13,17H,9-11H2,1H3. The molecule has 1 aromatic heterocycles. The Morgan fingerprint density at radius 2 is 2.11 bits per heavy atom. The number of fused-ring (bicyclic) bond motifs is 1. The third kappa shape index (κ3) is 2.99. The smallest absolute Gasteiger partial charge is 0.0544 e. The van der Waals surface area contributed by atoms with Crippen LogP contribution in [-0.4, -0.2) is 17.3 Å². The van der Waals surface area contributed by atoms with E-state index < -0.39 is 0 Å². The lowest BCUT2D eigenvalue weighted by Crippen LogP contribution is -2.21. The molecular formula is C16H18N2S. The van der Waals surface area contributed by atoms with Gasteiger partial charge in [-0.15, -0.1) is 11.8 Å². The fourth-order valence-corrected chi connectivity index (χ4v) is 3.73. The second kappa shape index (κ2) is 5.76. The zero-order valence-corrected chi connectivity index (χ0v) is 11.9. The number of thioether (sulfide) groups is 1. The molecule has 3 heteroatoms. The van der Waals surface area contributed by atoms with E-state index in [4.69, 9.17) is 0 Å². The Labute approximate surface area is 118 Å². The van der Waals surface area contributed by atoms with Crippen LogP contribution in [0, 0.1) is 6.92 Å². The second-order valence-corrected chi connectivity index (χ2v) is 6.01. The molecule has 98 valence electrons. The number of aryl methyl sites for hydroxylation is 1. The summed E-state index contributed by atoms with van der Waals surface area (Å²) in [6.07, 6.45) is 0. The summed E-state index contributed by atoms with van der Waals surface area (Å²) in [6, 6.07) is 14.9. The molecule has 0 fully saturated rings. The molecule has 1 aromatic carbocycles. The maximum absolute atomic E-state index is 4.51. The predicted octanol–water partition coefficient (Wildman–Crippen LogP) is 3.37. The zero-order chi connectivity index (χ0) is 13.1. The quantitative estimate of drug-likeness (QED) is 0.922. The van der Waals surface area contributed by atoms with Crippen molar-refractivity contribution in [1.29, 1.82) is 0 Å². The number of hydrogen-bond acceptors (Lipinski definition) is 3. The molecule has 3 rings (SSSR count). The van der Waals surface area contributed by atoms with Gasteiger partial charge in [0.2, 0.25) is 0 Å². The van der Waals surface area contributed by atoms with Crippen LogP contribution in [0.4, 0.5) is 0 Å². The molecule has 0 radical (unpaired) electrons. The molecule has 0 bridgehead atoms. The number of pyridine rings is 1. The van der Waals surface area contributed by atoms with Gasteiger partial charge in [-0.05, 0) is 30.7 Å². The molecule has 1 unspecified atom stereocenters. The van der Waals surface area contributed by atoms with E-state index in [1.54, 1.807) is 0 Å². The molecule has 19 heavy (non-hydrogen) atoms. The van der Waals surface area contributed by atoms with E-state index in [2.05, 4.69) is 46.7 Å². The number of aromatic nitrogens is 1. The Morgan fingerprint density at radius 1 is 1.21 bits per heavy atom. The van der Waals surface area contributed by atoms with Crippen molar-refractivity contribution < 1.29 is 0 Å². The van der Waals surface area contributed by atoms with Crippen molar-refractivity contribution in [2.75, 3.05) is 12.3 Å². The van der Waals surface area contributed by atoms with E-state index >= 15 is 0 Å². The summed E-state index contributed by atoms with van der Waals surface area (Å²) in [7, 11) is 0. The van der Waals surface area contributed by atoms with E-state index in [0.29, 0.717) is 5.92 Å². The monoisotopic (exact) mass is 270 g/mol. The summed E-state index contributed by atoms with van der Waals surface area (Å²) in [5, 5.41) is 3.54. The summed E-state index contributed by atoms with van der Waals surface area (Å²) in [6.45, 7) is 3.91. The van der Waals surface area contributed by atoms with E-state index in [9.17, 15) is 0 Å². The SMILES string of the molecule is Cc1cccc(CNCC2CSc3ccccc32)n1. The third-order valence-electron chi connectivity index (χ3n) is 3.44. The van der Waals surface area contributed by atoms with Crippen LogP contribution in [0.15, 0.2) is 47.4 Å². The summed E-state index contributed by atoms with van der Waals surface area (Å²) >= 11 is 1.97. The lowest BCUT2D eigenvalue weighted by molar-refractivity contribution is 0.613. The minimum Gasteiger partial charge on any atom is -0.311 e. The first-order valence-corrected chi connectivity index (χ1v) is 7.66. The number of nitrogens with zero attached hydrogens (tertiary/aromatic N) is 1. The number of rotatable bonds is 4. The van der Waals surface area contributed by atoms with E-state index in [1.807, 2.05) is 24.8 Å². The first-order valence-electron chi connectivity index (χ1n) is 6.68. The van der Waals surface area contributed by atoms with Crippen molar-refractivity contribution in [3.05, 3.63) is 59.4 Å². The molecule has 2 aromatic rings. The minimum atomic E-state index is 0.631. The fourth-order valence-electron chi connectivity index (χ4n) is 2.47. The molecule has 1 aliphatic heterocycles. The first kappa shape index (κ1) is 12.7. The second-order valence-electron chi connectivity index (χ2n) is 4.95. The summed E-state index contributed by atoms with van der Waals surface area (Å²) in [4.78, 5) is 5.96. The van der Waals surface area contributed by atoms with Crippen LogP contribution < -0.4 is 5.32 Å². The van der Waals surface area contributed by atoms with Crippen molar-refractivity contribution >= 4 is 11.8 Å². The van der Waals surface area contributed by atoms with Gasteiger partial charge in [-0.2, -0.15) is 0 Å². The maximum Gasteiger partial charge on any atom is 0.0544 e. The highest BCUT2D eigenvalue weighted by Crippen LogP contribution is 2.38. The van der Waals surface area contributed by atoms with Crippen LogP contribution in [0.25, 0.3) is 0 Å². The van der Waals surface area contributed by atoms with Gasteiger partial charge >= 0.3 is 0 Å². The Balaban J connectivity index is 1.57. The van der Waals surface area contributed by atoms with Gasteiger partial charge in [-0.25, -0.2) is 0 Å². The molecule has 0 amide bonds. The van der Waals surface area contributed by atoms with Crippen molar-refractivity contribution in [1.82, 2.24) is 10.3 Å². The van der Waals surface area contributed by atoms with Gasteiger partial charge in [0.05, 0.1) is 5.69 Å². The Kier molecular flexibility index (Phi) is 3.85. The molecule has 0 spiro atoms. The van der Waals surface area contributed by atoms with Crippen LogP contribution in [0.1, 0.15) is 22.9 Å². The van der Waals surface area contributed by atoms with Gasteiger partial charge in [-0.1, -0.05) is 24.3 Å². The van der Waals surface area contributed by atoms with E-state index in [0.717, 1.165) is 24.5 Å². The fraction of sp³-hybridized carbons (Fsp3) is 0.312. The van der Waals surface area contributed by atoms with Gasteiger partial charge in [0.25, 0.3) is 0 Å². The van der Waals surface area contributed by atoms with Gasteiger partial charge in [0.1, 0.15) is 0 Å². The maximum atomic E-state index is 4.51. The topological polar surface area (TPSA) is 24.9 Å². The highest BCUT2D eigenvalue weighted by Gasteiger charge is 2.21. The molecule has 1 atom stereocenters. The summed E-state index contributed by atoms with van der Waals surface area (Å²) < 4.78 is 0. The Bertz CT molecular complexity index is 568. The molecule has 1 aliphatic rings. The molecule has 1 N–H and O–H groups in total. The summed E-state index contributed by atoms with van der Waals surface area (Å²) in [5.41, 5.74) is 3.71. The van der Waals surface area contributed by atoms with Crippen LogP contribution in [0.2, 0.25) is 0 Å². The van der Waals surface area contributed by atoms with Crippen molar-refractivity contribution in [2.45, 2.75) is 24.3 Å². The largest absolute Gasteiger partial charge is 0.311 e. The van der Waals surface area contributed by atoms with Crippen LogP contribution in [0.5, 0.6) is 0 Å². The minimum absolute atomic E-state index is 0.631. The molecular weight excluding hydrogens is 252 g/mol. The van der Waals surface area contributed by atoms with Gasteiger partial charge in [-0.3, -0.25) is 4.98 Å². The number of benzene rings is 1. The average molecular weight is 270 g/mol. The van der Waals surface area contributed by atoms with Gasteiger partial charge < -0.3 is 5.32 Å².